The SMILES string of the molecule is Cc1cccn1C.Cc1cccnn1.Cc1ccncc1.Cc1ccnnc1.Cc1cnc2ccccc2c1.Cc1cnccn1.Cc1cncnc1.Cc1cncnn1.Cc1cnncn1.Cc1ncccn1.Cc1nccnn1. The molecule has 0 aliphatic rings. The number of aromatic nitrogens is 22. The summed E-state index contributed by atoms with van der Waals surface area (Å²) in [6.45, 7) is 21.3. The van der Waals surface area contributed by atoms with Crippen LogP contribution in [0.2, 0.25) is 0 Å². The first-order valence-corrected chi connectivity index (χ1v) is 24.9. The first-order valence-electron chi connectivity index (χ1n) is 24.9. The lowest BCUT2D eigenvalue weighted by Gasteiger charge is -1.95. The van der Waals surface area contributed by atoms with E-state index >= 15 is 0 Å². The zero-order valence-corrected chi connectivity index (χ0v) is 48.0. The van der Waals surface area contributed by atoms with Crippen LogP contribution in [-0.2, 0) is 7.05 Å². The van der Waals surface area contributed by atoms with Gasteiger partial charge in [0.05, 0.1) is 53.1 Å². The van der Waals surface area contributed by atoms with E-state index in [1.54, 1.807) is 112 Å². The van der Waals surface area contributed by atoms with Crippen LogP contribution in [0.1, 0.15) is 62.4 Å². The van der Waals surface area contributed by atoms with Crippen LogP contribution in [0.5, 0.6) is 0 Å². The Hall–Kier alpha value is -10.5. The van der Waals surface area contributed by atoms with Crippen LogP contribution in [-0.4, -0.2) is 110 Å². The molecule has 22 nitrogen and oxygen atoms in total. The van der Waals surface area contributed by atoms with Crippen molar-refractivity contribution in [3.8, 4) is 0 Å². The van der Waals surface area contributed by atoms with Crippen LogP contribution in [0.4, 0.5) is 0 Å². The maximum atomic E-state index is 4.28. The Bertz CT molecular complexity index is 2760. The Kier molecular flexibility index (Phi) is 35.8. The van der Waals surface area contributed by atoms with E-state index in [1.807, 2.05) is 129 Å². The summed E-state index contributed by atoms with van der Waals surface area (Å²) in [5, 5.41) is 37.2. The number of hydrogen-bond donors (Lipinski definition) is 0. The van der Waals surface area contributed by atoms with Crippen LogP contribution in [0.15, 0.2) is 209 Å². The maximum Gasteiger partial charge on any atom is 0.147 e. The van der Waals surface area contributed by atoms with Gasteiger partial charge in [-0.1, -0.05) is 18.2 Å². The molecule has 0 unspecified atom stereocenters. The van der Waals surface area contributed by atoms with E-state index in [0.29, 0.717) is 5.82 Å². The third-order valence-electron chi connectivity index (χ3n) is 9.11. The monoisotopic (exact) mass is 1090 g/mol. The molecule has 0 aliphatic heterocycles. The van der Waals surface area contributed by atoms with Crippen LogP contribution in [0.3, 0.4) is 0 Å². The average molecular weight is 1090 g/mol. The number of nitrogens with zero attached hydrogens (tertiary/aromatic N) is 22. The van der Waals surface area contributed by atoms with Crippen molar-refractivity contribution >= 4 is 10.9 Å². The standard InChI is InChI=1S/C10H9N.C6H9N.C6H7N.5C5H6N2.3C4H5N3/c1-8-6-9-4-2-3-5-10(9)11-7-8;1-6-4-3-5-7(6)2;1-6-2-4-7-5-3-6;1-5-2-6-4-7-3-5;1-5-4-6-2-3-7-5;1-5-2-3-6-7-4-5;1-5-6-3-2-4-7-5;1-5-3-2-4-6-7-5;1-4-2-6-7-3-5-4;1-4-2-5-3-6-7-4;1-4-5-2-3-6-7-4/h2-7H,1H3;3-5H,1-2H3;2-5H,1H3;5*2-4H,1H3;3*2-3H,1H3. The van der Waals surface area contributed by atoms with E-state index < -0.39 is 0 Å². The summed E-state index contributed by atoms with van der Waals surface area (Å²) in [5.41, 5.74) is 10.8. The molecule has 0 fully saturated rings. The molecule has 0 amide bonds. The van der Waals surface area contributed by atoms with Gasteiger partial charge in [0, 0.05) is 105 Å². The van der Waals surface area contributed by atoms with Gasteiger partial charge in [0.1, 0.15) is 30.6 Å². The minimum Gasteiger partial charge on any atom is -0.355 e. The highest BCUT2D eigenvalue weighted by molar-refractivity contribution is 5.78. The third-order valence-corrected chi connectivity index (χ3v) is 9.11. The molecule has 0 bridgehead atoms. The number of fused-ring (bicyclic) bond motifs is 1. The average Bonchev–Trinajstić information content (AvgIpc) is 3.89. The summed E-state index contributed by atoms with van der Waals surface area (Å²) < 4.78 is 2.08. The molecule has 0 saturated heterocycles. The quantitative estimate of drug-likeness (QED) is 0.137. The molecular formula is C59H70N22. The molecule has 0 spiro atoms. The number of para-hydroxylation sites is 1. The van der Waals surface area contributed by atoms with Crippen molar-refractivity contribution in [2.24, 2.45) is 7.05 Å². The fourth-order valence-electron chi connectivity index (χ4n) is 4.93. The van der Waals surface area contributed by atoms with Crippen LogP contribution in [0.25, 0.3) is 10.9 Å². The van der Waals surface area contributed by atoms with E-state index in [-0.39, 0.29) is 0 Å². The van der Waals surface area contributed by atoms with Gasteiger partial charge in [0.2, 0.25) is 0 Å². The highest BCUT2D eigenvalue weighted by Crippen LogP contribution is 2.11. The lowest BCUT2D eigenvalue weighted by atomic mass is 10.2. The molecule has 1 aromatic carbocycles. The summed E-state index contributed by atoms with van der Waals surface area (Å²) in [7, 11) is 2.04. The first-order chi connectivity index (χ1) is 39.2. The van der Waals surface area contributed by atoms with Crippen molar-refractivity contribution in [2.45, 2.75) is 76.2 Å². The van der Waals surface area contributed by atoms with Gasteiger partial charge in [-0.25, -0.2) is 34.9 Å². The van der Waals surface area contributed by atoms with Gasteiger partial charge in [-0.05, 0) is 159 Å². The number of benzene rings is 1. The molecule has 12 rings (SSSR count). The molecule has 22 heteroatoms. The summed E-state index contributed by atoms with van der Waals surface area (Å²) in [6.07, 6.45) is 35.4. The Labute approximate surface area is 474 Å². The van der Waals surface area contributed by atoms with Crippen molar-refractivity contribution in [2.75, 3.05) is 0 Å². The van der Waals surface area contributed by atoms with Gasteiger partial charge in [0.25, 0.3) is 0 Å². The van der Waals surface area contributed by atoms with Gasteiger partial charge in [-0.3, -0.25) is 19.9 Å². The van der Waals surface area contributed by atoms with E-state index in [1.165, 1.54) is 41.2 Å². The molecule has 0 radical (unpaired) electrons. The fourth-order valence-corrected chi connectivity index (χ4v) is 4.93. The molecule has 0 aliphatic carbocycles. The van der Waals surface area contributed by atoms with Crippen molar-refractivity contribution in [1.82, 2.24) is 110 Å². The normalized spacial score (nSPS) is 8.99. The summed E-state index contributed by atoms with van der Waals surface area (Å²) in [6, 6.07) is 25.8. The zero-order valence-electron chi connectivity index (χ0n) is 48.0. The van der Waals surface area contributed by atoms with Gasteiger partial charge in [0.15, 0.2) is 0 Å². The lowest BCUT2D eigenvalue weighted by molar-refractivity contribution is 0.882. The van der Waals surface area contributed by atoms with Crippen molar-refractivity contribution in [3.63, 3.8) is 0 Å². The van der Waals surface area contributed by atoms with E-state index in [9.17, 15) is 0 Å². The van der Waals surface area contributed by atoms with E-state index in [0.717, 1.165) is 45.2 Å². The van der Waals surface area contributed by atoms with Crippen molar-refractivity contribution < 1.29 is 0 Å². The maximum absolute atomic E-state index is 4.28. The van der Waals surface area contributed by atoms with E-state index in [2.05, 4.69) is 142 Å². The predicted molar refractivity (Wildman–Crippen MR) is 313 cm³/mol. The topological polar surface area (TPSA) is 276 Å². The van der Waals surface area contributed by atoms with Crippen molar-refractivity contribution in [3.05, 3.63) is 272 Å². The molecule has 416 valence electrons. The number of rotatable bonds is 0. The van der Waals surface area contributed by atoms with Gasteiger partial charge >= 0.3 is 0 Å². The van der Waals surface area contributed by atoms with Gasteiger partial charge in [-0.2, -0.15) is 35.7 Å². The minimum atomic E-state index is 0.711. The number of hydrogen-bond acceptors (Lipinski definition) is 21. The Morgan fingerprint density at radius 3 is 1.32 bits per heavy atom. The Morgan fingerprint density at radius 2 is 0.963 bits per heavy atom. The summed E-state index contributed by atoms with van der Waals surface area (Å²) >= 11 is 0. The van der Waals surface area contributed by atoms with Gasteiger partial charge in [-0.15, -0.1) is 15.3 Å². The predicted octanol–water partition coefficient (Wildman–Crippen LogP) is 9.73. The van der Waals surface area contributed by atoms with Crippen LogP contribution in [0, 0.1) is 76.2 Å². The first kappa shape index (κ1) is 66.6. The molecule has 0 N–H and O–H groups in total. The molecular weight excluding hydrogens is 1020 g/mol. The second-order valence-electron chi connectivity index (χ2n) is 16.5. The smallest absolute Gasteiger partial charge is 0.147 e. The number of pyridine rings is 2. The highest BCUT2D eigenvalue weighted by Gasteiger charge is 1.91. The van der Waals surface area contributed by atoms with Crippen molar-refractivity contribution in [1.29, 1.82) is 0 Å². The fraction of sp³-hybridized carbons (Fsp3) is 0.203. The van der Waals surface area contributed by atoms with E-state index in [4.69, 9.17) is 0 Å². The molecule has 12 aromatic rings. The second-order valence-corrected chi connectivity index (χ2v) is 16.5. The summed E-state index contributed by atoms with van der Waals surface area (Å²) in [4.78, 5) is 42.5. The van der Waals surface area contributed by atoms with Crippen LogP contribution < -0.4 is 0 Å². The highest BCUT2D eigenvalue weighted by atomic mass is 15.1. The largest absolute Gasteiger partial charge is 0.355 e. The van der Waals surface area contributed by atoms with Crippen LogP contribution >= 0.6 is 0 Å². The summed E-state index contributed by atoms with van der Waals surface area (Å²) in [5.74, 6) is 1.53. The third kappa shape index (κ3) is 37.8. The zero-order chi connectivity index (χ0) is 59.0. The minimum absolute atomic E-state index is 0.711. The molecule has 81 heavy (non-hydrogen) atoms. The Balaban J connectivity index is 0.000000305. The number of aryl methyl sites for hydroxylation is 12. The van der Waals surface area contributed by atoms with Gasteiger partial charge < -0.3 is 4.57 Å². The molecule has 0 saturated carbocycles. The molecule has 11 aromatic heterocycles. The molecule has 0 atom stereocenters. The lowest BCUT2D eigenvalue weighted by Crippen LogP contribution is -1.85. The second kappa shape index (κ2) is 43.6. The molecule has 11 heterocycles. The Morgan fingerprint density at radius 1 is 0.309 bits per heavy atom.